The van der Waals surface area contributed by atoms with E-state index in [1.807, 2.05) is 0 Å². The lowest BCUT2D eigenvalue weighted by atomic mass is 9.83. The molecule has 4 saturated heterocycles. The second kappa shape index (κ2) is 6.30. The van der Waals surface area contributed by atoms with Gasteiger partial charge in [0.1, 0.15) is 5.54 Å². The van der Waals surface area contributed by atoms with Crippen LogP contribution in [0.5, 0.6) is 0 Å². The van der Waals surface area contributed by atoms with Crippen LogP contribution in [-0.2, 0) is 14.3 Å². The number of ether oxygens (including phenoxy) is 1. The lowest BCUT2D eigenvalue weighted by Gasteiger charge is -2.41. The van der Waals surface area contributed by atoms with Crippen molar-refractivity contribution >= 4 is 11.8 Å². The number of piperidine rings is 1. The SMILES string of the molecule is NC(=O)[C@H]1CCO[C@@H]1C1CCN(C(=O)C23CCCN2CCC3)CC1. The van der Waals surface area contributed by atoms with Crippen molar-refractivity contribution in [1.29, 1.82) is 0 Å². The highest BCUT2D eigenvalue weighted by molar-refractivity contribution is 5.87. The van der Waals surface area contributed by atoms with Crippen molar-refractivity contribution in [3.63, 3.8) is 0 Å². The Hall–Kier alpha value is -1.14. The number of amides is 2. The van der Waals surface area contributed by atoms with Crippen LogP contribution < -0.4 is 5.73 Å². The molecule has 0 saturated carbocycles. The molecule has 24 heavy (non-hydrogen) atoms. The molecule has 6 nitrogen and oxygen atoms in total. The maximum atomic E-state index is 13.2. The fraction of sp³-hybridized carbons (Fsp3) is 0.889. The third-order valence-corrected chi connectivity index (χ3v) is 6.83. The summed E-state index contributed by atoms with van der Waals surface area (Å²) in [6.45, 7) is 4.39. The zero-order valence-corrected chi connectivity index (χ0v) is 14.4. The molecule has 0 aliphatic carbocycles. The Bertz CT molecular complexity index is 506. The first-order valence-electron chi connectivity index (χ1n) is 9.57. The van der Waals surface area contributed by atoms with E-state index in [0.717, 1.165) is 71.1 Å². The van der Waals surface area contributed by atoms with Crippen molar-refractivity contribution in [2.45, 2.75) is 56.6 Å². The molecule has 4 rings (SSSR count). The average Bonchev–Trinajstić information content (AvgIpc) is 3.29. The standard InChI is InChI=1S/C18H29N3O3/c19-16(22)14-5-12-24-15(14)13-3-10-20(11-4-13)17(23)18-6-1-8-21(18)9-2-7-18/h13-15H,1-12H2,(H2,19,22)/t14-,15+/m0/s1. The van der Waals surface area contributed by atoms with Crippen molar-refractivity contribution in [3.8, 4) is 0 Å². The molecule has 0 aromatic heterocycles. The molecule has 4 aliphatic heterocycles. The Kier molecular flexibility index (Phi) is 4.29. The lowest BCUT2D eigenvalue weighted by Crippen LogP contribution is -2.55. The molecule has 2 N–H and O–H groups in total. The molecule has 0 unspecified atom stereocenters. The molecule has 6 heteroatoms. The van der Waals surface area contributed by atoms with Gasteiger partial charge in [-0.1, -0.05) is 0 Å². The van der Waals surface area contributed by atoms with Crippen molar-refractivity contribution in [3.05, 3.63) is 0 Å². The molecule has 2 amide bonds. The predicted molar refractivity (Wildman–Crippen MR) is 89.1 cm³/mol. The second-order valence-corrected chi connectivity index (χ2v) is 7.99. The highest BCUT2D eigenvalue weighted by Gasteiger charge is 2.52. The Balaban J connectivity index is 1.38. The van der Waals surface area contributed by atoms with Crippen LogP contribution in [0.1, 0.15) is 44.9 Å². The van der Waals surface area contributed by atoms with Gasteiger partial charge in [0.15, 0.2) is 0 Å². The normalized spacial score (nSPS) is 33.8. The molecule has 4 aliphatic rings. The number of fused-ring (bicyclic) bond motifs is 1. The Labute approximate surface area is 143 Å². The van der Waals surface area contributed by atoms with E-state index in [9.17, 15) is 9.59 Å². The van der Waals surface area contributed by atoms with Crippen LogP contribution >= 0.6 is 0 Å². The molecule has 4 fully saturated rings. The Morgan fingerprint density at radius 2 is 1.67 bits per heavy atom. The summed E-state index contributed by atoms with van der Waals surface area (Å²) in [5.74, 6) is 0.336. The van der Waals surface area contributed by atoms with Crippen LogP contribution in [0.3, 0.4) is 0 Å². The topological polar surface area (TPSA) is 75.9 Å². The first kappa shape index (κ1) is 16.3. The van der Waals surface area contributed by atoms with E-state index >= 15 is 0 Å². The zero-order valence-electron chi connectivity index (χ0n) is 14.4. The predicted octanol–water partition coefficient (Wildman–Crippen LogP) is 0.744. The summed E-state index contributed by atoms with van der Waals surface area (Å²) in [6, 6.07) is 0. The minimum Gasteiger partial charge on any atom is -0.377 e. The largest absolute Gasteiger partial charge is 0.377 e. The maximum absolute atomic E-state index is 13.2. The van der Waals surface area contributed by atoms with Crippen LogP contribution in [0.2, 0.25) is 0 Å². The summed E-state index contributed by atoms with van der Waals surface area (Å²) in [6.07, 6.45) is 6.93. The third kappa shape index (κ3) is 2.54. The van der Waals surface area contributed by atoms with Gasteiger partial charge in [0.25, 0.3) is 0 Å². The summed E-state index contributed by atoms with van der Waals surface area (Å²) in [5.41, 5.74) is 5.33. The number of hydrogen-bond acceptors (Lipinski definition) is 4. The first-order valence-corrected chi connectivity index (χ1v) is 9.57. The van der Waals surface area contributed by atoms with E-state index in [-0.39, 0.29) is 23.5 Å². The third-order valence-electron chi connectivity index (χ3n) is 6.83. The number of likely N-dealkylation sites (tertiary alicyclic amines) is 1. The Morgan fingerprint density at radius 1 is 1.00 bits per heavy atom. The molecular formula is C18H29N3O3. The molecule has 0 spiro atoms. The van der Waals surface area contributed by atoms with Crippen molar-refractivity contribution in [2.75, 3.05) is 32.8 Å². The van der Waals surface area contributed by atoms with Gasteiger partial charge in [-0.15, -0.1) is 0 Å². The highest BCUT2D eigenvalue weighted by atomic mass is 16.5. The molecule has 2 atom stereocenters. The van der Waals surface area contributed by atoms with Crippen molar-refractivity contribution in [1.82, 2.24) is 9.80 Å². The van der Waals surface area contributed by atoms with Gasteiger partial charge in [-0.3, -0.25) is 14.5 Å². The number of nitrogens with two attached hydrogens (primary N) is 1. The van der Waals surface area contributed by atoms with E-state index < -0.39 is 0 Å². The number of hydrogen-bond donors (Lipinski definition) is 1. The molecular weight excluding hydrogens is 306 g/mol. The van der Waals surface area contributed by atoms with Crippen molar-refractivity contribution < 1.29 is 14.3 Å². The van der Waals surface area contributed by atoms with Crippen LogP contribution in [0.4, 0.5) is 0 Å². The number of carbonyl (C=O) groups excluding carboxylic acids is 2. The van der Waals surface area contributed by atoms with Gasteiger partial charge in [0, 0.05) is 19.7 Å². The summed E-state index contributed by atoms with van der Waals surface area (Å²) < 4.78 is 5.82. The summed E-state index contributed by atoms with van der Waals surface area (Å²) in [5, 5.41) is 0. The summed E-state index contributed by atoms with van der Waals surface area (Å²) in [7, 11) is 0. The number of carbonyl (C=O) groups is 2. The first-order chi connectivity index (χ1) is 11.6. The highest BCUT2D eigenvalue weighted by Crippen LogP contribution is 2.41. The van der Waals surface area contributed by atoms with Gasteiger partial charge in [0.2, 0.25) is 11.8 Å². The van der Waals surface area contributed by atoms with Gasteiger partial charge < -0.3 is 15.4 Å². The number of rotatable bonds is 3. The maximum Gasteiger partial charge on any atom is 0.243 e. The lowest BCUT2D eigenvalue weighted by molar-refractivity contribution is -0.144. The fourth-order valence-corrected chi connectivity index (χ4v) is 5.56. The smallest absolute Gasteiger partial charge is 0.243 e. The minimum atomic E-state index is -0.234. The zero-order chi connectivity index (χ0) is 16.7. The van der Waals surface area contributed by atoms with E-state index in [0.29, 0.717) is 18.4 Å². The van der Waals surface area contributed by atoms with Crippen LogP contribution in [0, 0.1) is 11.8 Å². The van der Waals surface area contributed by atoms with E-state index in [4.69, 9.17) is 10.5 Å². The Morgan fingerprint density at radius 3 is 2.29 bits per heavy atom. The second-order valence-electron chi connectivity index (χ2n) is 7.99. The van der Waals surface area contributed by atoms with Crippen LogP contribution in [0.25, 0.3) is 0 Å². The summed E-state index contributed by atoms with van der Waals surface area (Å²) >= 11 is 0. The van der Waals surface area contributed by atoms with Gasteiger partial charge in [0.05, 0.1) is 12.0 Å². The van der Waals surface area contributed by atoms with Crippen molar-refractivity contribution in [2.24, 2.45) is 17.6 Å². The monoisotopic (exact) mass is 335 g/mol. The van der Waals surface area contributed by atoms with E-state index in [2.05, 4.69) is 9.80 Å². The summed E-state index contributed by atoms with van der Waals surface area (Å²) in [4.78, 5) is 29.3. The van der Waals surface area contributed by atoms with E-state index in [1.165, 1.54) is 0 Å². The van der Waals surface area contributed by atoms with Gasteiger partial charge in [-0.25, -0.2) is 0 Å². The van der Waals surface area contributed by atoms with Gasteiger partial charge in [-0.05, 0) is 64.0 Å². The molecule has 4 heterocycles. The van der Waals surface area contributed by atoms with Crippen LogP contribution in [0.15, 0.2) is 0 Å². The molecule has 0 aromatic carbocycles. The average molecular weight is 335 g/mol. The van der Waals surface area contributed by atoms with Crippen LogP contribution in [-0.4, -0.2) is 66.0 Å². The number of primary amides is 1. The number of nitrogens with zero attached hydrogens (tertiary/aromatic N) is 2. The minimum absolute atomic E-state index is 0.0348. The quantitative estimate of drug-likeness (QED) is 0.825. The molecule has 0 aromatic rings. The van der Waals surface area contributed by atoms with E-state index in [1.54, 1.807) is 0 Å². The van der Waals surface area contributed by atoms with Gasteiger partial charge in [-0.2, -0.15) is 0 Å². The molecule has 134 valence electrons. The molecule has 0 bridgehead atoms. The fourth-order valence-electron chi connectivity index (χ4n) is 5.56. The molecule has 0 radical (unpaired) electrons. The van der Waals surface area contributed by atoms with Gasteiger partial charge >= 0.3 is 0 Å².